The minimum absolute atomic E-state index is 0.0951. The first-order chi connectivity index (χ1) is 11.4. The van der Waals surface area contributed by atoms with E-state index in [1.54, 1.807) is 35.1 Å². The first kappa shape index (κ1) is 18.1. The molecule has 130 valence electrons. The van der Waals surface area contributed by atoms with E-state index in [0.29, 0.717) is 18.7 Å². The van der Waals surface area contributed by atoms with E-state index < -0.39 is 17.7 Å². The van der Waals surface area contributed by atoms with Crippen molar-refractivity contribution in [1.29, 1.82) is 0 Å². The van der Waals surface area contributed by atoms with Crippen LogP contribution in [-0.2, 0) is 11.3 Å². The molecule has 1 heterocycles. The van der Waals surface area contributed by atoms with Crippen molar-refractivity contribution in [3.8, 4) is 0 Å². The van der Waals surface area contributed by atoms with Crippen LogP contribution in [0, 0.1) is 11.6 Å². The van der Waals surface area contributed by atoms with Gasteiger partial charge in [-0.3, -0.25) is 4.79 Å². The zero-order chi connectivity index (χ0) is 17.7. The van der Waals surface area contributed by atoms with Crippen molar-refractivity contribution in [1.82, 2.24) is 19.4 Å². The molecule has 0 fully saturated rings. The normalized spacial score (nSPS) is 12.4. The molecule has 0 spiro atoms. The summed E-state index contributed by atoms with van der Waals surface area (Å²) in [5.41, 5.74) is 0.293. The summed E-state index contributed by atoms with van der Waals surface area (Å²) in [6.45, 7) is 2.96. The first-order valence-electron chi connectivity index (χ1n) is 7.73. The molecule has 1 amide bonds. The molecule has 0 saturated carbocycles. The Morgan fingerprint density at radius 3 is 2.62 bits per heavy atom. The van der Waals surface area contributed by atoms with Crippen molar-refractivity contribution in [3.05, 3.63) is 54.1 Å². The monoisotopic (exact) mass is 336 g/mol. The molecule has 0 N–H and O–H groups in total. The molecule has 0 radical (unpaired) electrons. The lowest BCUT2D eigenvalue weighted by Gasteiger charge is -2.28. The highest BCUT2D eigenvalue weighted by atomic mass is 19.1. The highest BCUT2D eigenvalue weighted by Crippen LogP contribution is 2.16. The summed E-state index contributed by atoms with van der Waals surface area (Å²) in [7, 11) is 3.81. The van der Waals surface area contributed by atoms with Crippen LogP contribution in [0.15, 0.2) is 36.9 Å². The van der Waals surface area contributed by atoms with E-state index in [1.165, 1.54) is 12.1 Å². The summed E-state index contributed by atoms with van der Waals surface area (Å²) >= 11 is 0. The van der Waals surface area contributed by atoms with Crippen LogP contribution in [0.2, 0.25) is 0 Å². The van der Waals surface area contributed by atoms with Gasteiger partial charge in [0.2, 0.25) is 5.91 Å². The van der Waals surface area contributed by atoms with Crippen molar-refractivity contribution >= 4 is 5.91 Å². The molecule has 2 aromatic rings. The van der Waals surface area contributed by atoms with Gasteiger partial charge in [0.05, 0.1) is 6.33 Å². The topological polar surface area (TPSA) is 41.4 Å². The number of carbonyl (C=O) groups excluding carboxylic acids is 1. The van der Waals surface area contributed by atoms with E-state index in [2.05, 4.69) is 4.98 Å². The summed E-state index contributed by atoms with van der Waals surface area (Å²) < 4.78 is 28.7. The molecule has 2 rings (SSSR count). The van der Waals surface area contributed by atoms with Crippen LogP contribution in [0.25, 0.3) is 0 Å². The van der Waals surface area contributed by atoms with Crippen molar-refractivity contribution < 1.29 is 13.6 Å². The number of aromatic nitrogens is 2. The molecule has 0 saturated heterocycles. The van der Waals surface area contributed by atoms with Gasteiger partial charge in [-0.25, -0.2) is 13.8 Å². The number of nitrogens with zero attached hydrogens (tertiary/aromatic N) is 4. The van der Waals surface area contributed by atoms with Gasteiger partial charge in [0, 0.05) is 43.7 Å². The van der Waals surface area contributed by atoms with Gasteiger partial charge in [-0.1, -0.05) is 6.07 Å². The standard InChI is InChI=1S/C17H22F2N4O/c1-13(23-7-6-20-12-23)17(24)22(9-8-21(2)3)11-14-4-5-15(18)10-16(14)19/h4-7,10,12-13H,8-9,11H2,1-3H3/t13-/m1/s1. The fourth-order valence-electron chi connectivity index (χ4n) is 2.33. The number of imidazole rings is 1. The van der Waals surface area contributed by atoms with Crippen LogP contribution >= 0.6 is 0 Å². The van der Waals surface area contributed by atoms with Crippen LogP contribution in [0.5, 0.6) is 0 Å². The van der Waals surface area contributed by atoms with Crippen molar-refractivity contribution in [2.45, 2.75) is 19.5 Å². The Balaban J connectivity index is 2.18. The van der Waals surface area contributed by atoms with E-state index in [4.69, 9.17) is 0 Å². The fraction of sp³-hybridized carbons (Fsp3) is 0.412. The average Bonchev–Trinajstić information content (AvgIpc) is 3.06. The second-order valence-electron chi connectivity index (χ2n) is 5.98. The van der Waals surface area contributed by atoms with Crippen LogP contribution in [0.3, 0.4) is 0 Å². The summed E-state index contributed by atoms with van der Waals surface area (Å²) in [5.74, 6) is -1.42. The molecule has 0 aliphatic heterocycles. The SMILES string of the molecule is C[C@H](C(=O)N(CCN(C)C)Cc1ccc(F)cc1F)n1ccnc1. The number of benzene rings is 1. The number of hydrogen-bond acceptors (Lipinski definition) is 3. The largest absolute Gasteiger partial charge is 0.335 e. The molecular formula is C17H22F2N4O. The minimum atomic E-state index is -0.645. The summed E-state index contributed by atoms with van der Waals surface area (Å²) in [6.07, 6.45) is 4.89. The molecular weight excluding hydrogens is 314 g/mol. The van der Waals surface area contributed by atoms with Gasteiger partial charge in [0.25, 0.3) is 0 Å². The van der Waals surface area contributed by atoms with Crippen molar-refractivity contribution in [2.24, 2.45) is 0 Å². The maximum Gasteiger partial charge on any atom is 0.245 e. The summed E-state index contributed by atoms with van der Waals surface area (Å²) in [6, 6.07) is 2.97. The Morgan fingerprint density at radius 1 is 1.29 bits per heavy atom. The smallest absolute Gasteiger partial charge is 0.245 e. The molecule has 7 heteroatoms. The third-order valence-electron chi connectivity index (χ3n) is 3.83. The summed E-state index contributed by atoms with van der Waals surface area (Å²) in [4.78, 5) is 20.3. The lowest BCUT2D eigenvalue weighted by Crippen LogP contribution is -2.39. The highest BCUT2D eigenvalue weighted by Gasteiger charge is 2.23. The molecule has 5 nitrogen and oxygen atoms in total. The molecule has 0 bridgehead atoms. The molecule has 0 aliphatic carbocycles. The maximum atomic E-state index is 13.9. The van der Waals surface area contributed by atoms with Crippen LogP contribution in [0.4, 0.5) is 8.78 Å². The fourth-order valence-corrected chi connectivity index (χ4v) is 2.33. The Bertz CT molecular complexity index is 673. The first-order valence-corrected chi connectivity index (χ1v) is 7.73. The molecule has 0 unspecified atom stereocenters. The average molecular weight is 336 g/mol. The van der Waals surface area contributed by atoms with Gasteiger partial charge in [0.15, 0.2) is 0 Å². The Labute approximate surface area is 140 Å². The zero-order valence-corrected chi connectivity index (χ0v) is 14.1. The number of carbonyl (C=O) groups is 1. The quantitative estimate of drug-likeness (QED) is 0.779. The predicted molar refractivity (Wildman–Crippen MR) is 87.3 cm³/mol. The van der Waals surface area contributed by atoms with E-state index in [9.17, 15) is 13.6 Å². The van der Waals surface area contributed by atoms with Gasteiger partial charge < -0.3 is 14.4 Å². The lowest BCUT2D eigenvalue weighted by atomic mass is 10.1. The molecule has 1 aromatic heterocycles. The van der Waals surface area contributed by atoms with Gasteiger partial charge in [-0.2, -0.15) is 0 Å². The number of hydrogen-bond donors (Lipinski definition) is 0. The van der Waals surface area contributed by atoms with Gasteiger partial charge in [-0.15, -0.1) is 0 Å². The van der Waals surface area contributed by atoms with E-state index in [0.717, 1.165) is 6.07 Å². The number of rotatable bonds is 7. The molecule has 0 aliphatic rings. The van der Waals surface area contributed by atoms with Gasteiger partial charge in [0.1, 0.15) is 17.7 Å². The predicted octanol–water partition coefficient (Wildman–Crippen LogP) is 2.31. The van der Waals surface area contributed by atoms with Crippen LogP contribution < -0.4 is 0 Å². The number of amides is 1. The van der Waals surface area contributed by atoms with Crippen LogP contribution in [-0.4, -0.2) is 52.4 Å². The zero-order valence-electron chi connectivity index (χ0n) is 14.1. The van der Waals surface area contributed by atoms with Crippen molar-refractivity contribution in [2.75, 3.05) is 27.2 Å². The Kier molecular flexibility index (Phi) is 6.03. The Hall–Kier alpha value is -2.28. The van der Waals surface area contributed by atoms with Crippen LogP contribution in [0.1, 0.15) is 18.5 Å². The van der Waals surface area contributed by atoms with E-state index in [1.807, 2.05) is 19.0 Å². The molecule has 1 aromatic carbocycles. The molecule has 24 heavy (non-hydrogen) atoms. The van der Waals surface area contributed by atoms with Crippen molar-refractivity contribution in [3.63, 3.8) is 0 Å². The number of likely N-dealkylation sites (N-methyl/N-ethyl adjacent to an activating group) is 1. The second-order valence-corrected chi connectivity index (χ2v) is 5.98. The number of halogens is 2. The van der Waals surface area contributed by atoms with Gasteiger partial charge in [-0.05, 0) is 27.1 Å². The van der Waals surface area contributed by atoms with Gasteiger partial charge >= 0.3 is 0 Å². The maximum absolute atomic E-state index is 13.9. The third-order valence-corrected chi connectivity index (χ3v) is 3.83. The van der Waals surface area contributed by atoms with E-state index in [-0.39, 0.29) is 12.5 Å². The lowest BCUT2D eigenvalue weighted by molar-refractivity contribution is -0.135. The summed E-state index contributed by atoms with van der Waals surface area (Å²) in [5, 5.41) is 0. The minimum Gasteiger partial charge on any atom is -0.335 e. The second kappa shape index (κ2) is 8.01. The van der Waals surface area contributed by atoms with E-state index >= 15 is 0 Å². The molecule has 1 atom stereocenters. The Morgan fingerprint density at radius 2 is 2.04 bits per heavy atom. The highest BCUT2D eigenvalue weighted by molar-refractivity contribution is 5.80. The third kappa shape index (κ3) is 4.61.